The van der Waals surface area contributed by atoms with Crippen LogP contribution in [0.5, 0.6) is 0 Å². The van der Waals surface area contributed by atoms with Gasteiger partial charge in [0.25, 0.3) is 0 Å². The molecule has 72 valence electrons. The second kappa shape index (κ2) is 3.24. The first-order valence-corrected chi connectivity index (χ1v) is 3.67. The molecule has 2 N–H and O–H groups in total. The molecule has 0 saturated heterocycles. The van der Waals surface area contributed by atoms with Gasteiger partial charge in [0, 0.05) is 11.3 Å². The van der Waals surface area contributed by atoms with E-state index in [1.165, 1.54) is 12.1 Å². The lowest BCUT2D eigenvalue weighted by atomic mass is 10.1. The summed E-state index contributed by atoms with van der Waals surface area (Å²) < 4.78 is 35.8. The van der Waals surface area contributed by atoms with E-state index in [4.69, 9.17) is 5.73 Å². The SMILES string of the molecule is Cc1ccc(CC(F)(F)F)c(N)n1. The van der Waals surface area contributed by atoms with Crippen molar-refractivity contribution < 1.29 is 13.2 Å². The van der Waals surface area contributed by atoms with E-state index in [-0.39, 0.29) is 11.4 Å². The van der Waals surface area contributed by atoms with Gasteiger partial charge >= 0.3 is 6.18 Å². The molecule has 0 radical (unpaired) electrons. The molecule has 0 fully saturated rings. The van der Waals surface area contributed by atoms with E-state index < -0.39 is 12.6 Å². The van der Waals surface area contributed by atoms with Crippen molar-refractivity contribution in [2.75, 3.05) is 5.73 Å². The molecule has 1 aromatic rings. The van der Waals surface area contributed by atoms with Gasteiger partial charge in [-0.2, -0.15) is 13.2 Å². The molecule has 0 saturated carbocycles. The molecule has 0 unspecified atom stereocenters. The summed E-state index contributed by atoms with van der Waals surface area (Å²) in [4.78, 5) is 3.74. The highest BCUT2D eigenvalue weighted by molar-refractivity contribution is 5.40. The largest absolute Gasteiger partial charge is 0.393 e. The molecule has 0 aliphatic carbocycles. The molecule has 1 heterocycles. The molecular formula is C8H9F3N2. The normalized spacial score (nSPS) is 11.7. The Morgan fingerprint density at radius 2 is 2.00 bits per heavy atom. The molecule has 13 heavy (non-hydrogen) atoms. The van der Waals surface area contributed by atoms with Crippen LogP contribution in [-0.2, 0) is 6.42 Å². The van der Waals surface area contributed by atoms with Crippen molar-refractivity contribution in [2.45, 2.75) is 19.5 Å². The smallest absolute Gasteiger partial charge is 0.383 e. The summed E-state index contributed by atoms with van der Waals surface area (Å²) in [6.07, 6.45) is -5.25. The van der Waals surface area contributed by atoms with Gasteiger partial charge in [0.05, 0.1) is 6.42 Å². The Balaban J connectivity index is 2.90. The number of anilines is 1. The maximum Gasteiger partial charge on any atom is 0.393 e. The highest BCUT2D eigenvalue weighted by Crippen LogP contribution is 2.23. The maximum absolute atomic E-state index is 11.9. The average Bonchev–Trinajstić information content (AvgIpc) is 1.93. The Hall–Kier alpha value is -1.26. The van der Waals surface area contributed by atoms with Crippen molar-refractivity contribution in [3.8, 4) is 0 Å². The van der Waals surface area contributed by atoms with Crippen molar-refractivity contribution in [1.82, 2.24) is 4.98 Å². The number of hydrogen-bond donors (Lipinski definition) is 1. The summed E-state index contributed by atoms with van der Waals surface area (Å²) in [5.41, 5.74) is 5.96. The zero-order valence-corrected chi connectivity index (χ0v) is 7.02. The van der Waals surface area contributed by atoms with E-state index in [1.54, 1.807) is 6.92 Å². The lowest BCUT2D eigenvalue weighted by molar-refractivity contribution is -0.127. The van der Waals surface area contributed by atoms with Gasteiger partial charge in [-0.25, -0.2) is 4.98 Å². The van der Waals surface area contributed by atoms with Gasteiger partial charge < -0.3 is 5.73 Å². The van der Waals surface area contributed by atoms with Crippen LogP contribution in [0.25, 0.3) is 0 Å². The van der Waals surface area contributed by atoms with Crippen molar-refractivity contribution in [2.24, 2.45) is 0 Å². The third-order valence-electron chi connectivity index (χ3n) is 1.54. The van der Waals surface area contributed by atoms with Crippen LogP contribution in [0.1, 0.15) is 11.3 Å². The molecule has 1 rings (SSSR count). The molecule has 0 spiro atoms. The number of aryl methyl sites for hydroxylation is 1. The molecule has 0 aliphatic rings. The van der Waals surface area contributed by atoms with Crippen molar-refractivity contribution in [3.63, 3.8) is 0 Å². The monoisotopic (exact) mass is 190 g/mol. The average molecular weight is 190 g/mol. The topological polar surface area (TPSA) is 38.9 Å². The summed E-state index contributed by atoms with van der Waals surface area (Å²) in [6.45, 7) is 1.67. The van der Waals surface area contributed by atoms with Crippen LogP contribution in [0.3, 0.4) is 0 Å². The fourth-order valence-corrected chi connectivity index (χ4v) is 0.971. The minimum Gasteiger partial charge on any atom is -0.383 e. The Labute approximate surface area is 73.6 Å². The number of hydrogen-bond acceptors (Lipinski definition) is 2. The van der Waals surface area contributed by atoms with Gasteiger partial charge in [-0.05, 0) is 13.0 Å². The summed E-state index contributed by atoms with van der Waals surface area (Å²) in [7, 11) is 0. The molecule has 0 bridgehead atoms. The van der Waals surface area contributed by atoms with Crippen LogP contribution in [0.4, 0.5) is 19.0 Å². The number of halogens is 3. The highest BCUT2D eigenvalue weighted by atomic mass is 19.4. The Morgan fingerprint density at radius 1 is 1.38 bits per heavy atom. The van der Waals surface area contributed by atoms with Crippen LogP contribution in [0, 0.1) is 6.92 Å². The first-order chi connectivity index (χ1) is 5.88. The summed E-state index contributed by atoms with van der Waals surface area (Å²) >= 11 is 0. The molecule has 0 atom stereocenters. The standard InChI is InChI=1S/C8H9F3N2/c1-5-2-3-6(7(12)13-5)4-8(9,10)11/h2-3H,4H2,1H3,(H2,12,13). The lowest BCUT2D eigenvalue weighted by Gasteiger charge is -2.08. The number of alkyl halides is 3. The van der Waals surface area contributed by atoms with Crippen molar-refractivity contribution >= 4 is 5.82 Å². The Morgan fingerprint density at radius 3 is 2.46 bits per heavy atom. The van der Waals surface area contributed by atoms with Gasteiger partial charge in [-0.15, -0.1) is 0 Å². The Kier molecular flexibility index (Phi) is 2.45. The number of nitrogens with zero attached hydrogens (tertiary/aromatic N) is 1. The highest BCUT2D eigenvalue weighted by Gasteiger charge is 2.28. The van der Waals surface area contributed by atoms with Gasteiger partial charge in [-0.1, -0.05) is 6.07 Å². The summed E-state index contributed by atoms with van der Waals surface area (Å²) in [5, 5.41) is 0. The van der Waals surface area contributed by atoms with E-state index in [9.17, 15) is 13.2 Å². The third-order valence-corrected chi connectivity index (χ3v) is 1.54. The van der Waals surface area contributed by atoms with Gasteiger partial charge in [0.15, 0.2) is 0 Å². The molecule has 0 aromatic carbocycles. The third kappa shape index (κ3) is 2.93. The molecule has 2 nitrogen and oxygen atoms in total. The van der Waals surface area contributed by atoms with Crippen LogP contribution in [0.2, 0.25) is 0 Å². The van der Waals surface area contributed by atoms with Crippen LogP contribution in [0.15, 0.2) is 12.1 Å². The predicted molar refractivity (Wildman–Crippen MR) is 43.1 cm³/mol. The molecule has 0 aliphatic heterocycles. The van der Waals surface area contributed by atoms with E-state index in [0.717, 1.165) is 0 Å². The quantitative estimate of drug-likeness (QED) is 0.736. The van der Waals surface area contributed by atoms with Gasteiger partial charge in [0.1, 0.15) is 5.82 Å². The minimum atomic E-state index is -4.23. The molecule has 0 amide bonds. The van der Waals surface area contributed by atoms with E-state index >= 15 is 0 Å². The Bertz CT molecular complexity index is 307. The van der Waals surface area contributed by atoms with Crippen LogP contribution in [-0.4, -0.2) is 11.2 Å². The fraction of sp³-hybridized carbons (Fsp3) is 0.375. The summed E-state index contributed by atoms with van der Waals surface area (Å²) in [5.74, 6) is -0.0441. The number of nitrogens with two attached hydrogens (primary N) is 1. The zero-order valence-electron chi connectivity index (χ0n) is 7.02. The van der Waals surface area contributed by atoms with E-state index in [2.05, 4.69) is 4.98 Å². The first-order valence-electron chi connectivity index (χ1n) is 3.67. The maximum atomic E-state index is 11.9. The minimum absolute atomic E-state index is 0.0260. The van der Waals surface area contributed by atoms with E-state index in [0.29, 0.717) is 5.69 Å². The van der Waals surface area contributed by atoms with Crippen LogP contribution < -0.4 is 5.73 Å². The number of aromatic nitrogens is 1. The predicted octanol–water partition coefficient (Wildman–Crippen LogP) is 2.08. The molecule has 5 heteroatoms. The molecular weight excluding hydrogens is 181 g/mol. The second-order valence-corrected chi connectivity index (χ2v) is 2.79. The first kappa shape index (κ1) is 9.83. The number of pyridine rings is 1. The molecule has 1 aromatic heterocycles. The van der Waals surface area contributed by atoms with E-state index in [1.807, 2.05) is 0 Å². The van der Waals surface area contributed by atoms with Crippen molar-refractivity contribution in [3.05, 3.63) is 23.4 Å². The second-order valence-electron chi connectivity index (χ2n) is 2.79. The lowest BCUT2D eigenvalue weighted by Crippen LogP contribution is -2.13. The van der Waals surface area contributed by atoms with Gasteiger partial charge in [0.2, 0.25) is 0 Å². The zero-order chi connectivity index (χ0) is 10.1. The van der Waals surface area contributed by atoms with Crippen LogP contribution >= 0.6 is 0 Å². The number of nitrogen functional groups attached to an aromatic ring is 1. The fourth-order valence-electron chi connectivity index (χ4n) is 0.971. The number of rotatable bonds is 1. The van der Waals surface area contributed by atoms with Gasteiger partial charge in [-0.3, -0.25) is 0 Å². The summed E-state index contributed by atoms with van der Waals surface area (Å²) in [6, 6.07) is 2.86. The van der Waals surface area contributed by atoms with Crippen molar-refractivity contribution in [1.29, 1.82) is 0 Å².